The number of para-hydroxylation sites is 8. The molecule has 0 spiro atoms. The van der Waals surface area contributed by atoms with Gasteiger partial charge in [-0.15, -0.1) is 0 Å². The highest BCUT2D eigenvalue weighted by Gasteiger charge is 2.25. The van der Waals surface area contributed by atoms with Crippen LogP contribution in [0.4, 0.5) is 68.2 Å². The van der Waals surface area contributed by atoms with E-state index in [-0.39, 0.29) is 0 Å². The number of hydrogen-bond donors (Lipinski definition) is 0. The van der Waals surface area contributed by atoms with Crippen LogP contribution in [0.25, 0.3) is 32.3 Å². The lowest BCUT2D eigenvalue weighted by atomic mass is 9.87. The van der Waals surface area contributed by atoms with E-state index >= 15 is 0 Å². The third kappa shape index (κ3) is 9.98. The molecule has 0 heterocycles. The smallest absolute Gasteiger partial charge is 0.0553 e. The molecule has 0 fully saturated rings. The zero-order chi connectivity index (χ0) is 56.0. The monoisotopic (exact) mass is 1070 g/mol. The Kier molecular flexibility index (Phi) is 13.8. The lowest BCUT2D eigenvalue weighted by Crippen LogP contribution is -2.12. The highest BCUT2D eigenvalue weighted by atomic mass is 15.2. The highest BCUT2D eigenvalue weighted by molar-refractivity contribution is 6.30. The fourth-order valence-electron chi connectivity index (χ4n) is 11.6. The second-order valence-corrected chi connectivity index (χ2v) is 20.6. The molecule has 394 valence electrons. The minimum Gasteiger partial charge on any atom is -0.311 e. The first kappa shape index (κ1) is 50.6. The van der Waals surface area contributed by atoms with E-state index in [0.29, 0.717) is 0 Å². The molecule has 0 radical (unpaired) electrons. The summed E-state index contributed by atoms with van der Waals surface area (Å²) in [6, 6.07) is 116. The van der Waals surface area contributed by atoms with Gasteiger partial charge in [-0.1, -0.05) is 194 Å². The van der Waals surface area contributed by atoms with Crippen molar-refractivity contribution in [3.8, 4) is 23.7 Å². The van der Waals surface area contributed by atoms with Crippen LogP contribution in [-0.4, -0.2) is 0 Å². The van der Waals surface area contributed by atoms with Gasteiger partial charge in [0.2, 0.25) is 0 Å². The van der Waals surface area contributed by atoms with Gasteiger partial charge in [0.1, 0.15) is 0 Å². The molecule has 84 heavy (non-hydrogen) atoms. The quantitative estimate of drug-likeness (QED) is 0.0893. The summed E-state index contributed by atoms with van der Waals surface area (Å²) in [5.41, 5.74) is 16.3. The van der Waals surface area contributed by atoms with E-state index in [0.717, 1.165) is 123 Å². The lowest BCUT2D eigenvalue weighted by molar-refractivity contribution is 1.28. The first-order valence-electron chi connectivity index (χ1n) is 28.3. The molecule has 0 saturated heterocycles. The molecule has 0 aliphatic heterocycles. The number of rotatable bonds is 12. The van der Waals surface area contributed by atoms with Crippen LogP contribution in [0.15, 0.2) is 328 Å². The van der Waals surface area contributed by atoms with E-state index in [1.54, 1.807) is 0 Å². The molecule has 14 rings (SSSR count). The maximum atomic E-state index is 3.78. The Morgan fingerprint density at radius 2 is 0.393 bits per heavy atom. The summed E-state index contributed by atoms with van der Waals surface area (Å²) >= 11 is 0. The van der Waals surface area contributed by atoms with E-state index in [9.17, 15) is 0 Å². The van der Waals surface area contributed by atoms with Crippen molar-refractivity contribution in [3.05, 3.63) is 350 Å². The number of nitrogens with zero attached hydrogens (tertiary/aromatic N) is 4. The minimum absolute atomic E-state index is 0.914. The molecule has 0 unspecified atom stereocenters. The maximum absolute atomic E-state index is 3.78. The van der Waals surface area contributed by atoms with Crippen LogP contribution in [0.1, 0.15) is 22.3 Å². The molecule has 4 nitrogen and oxygen atoms in total. The summed E-state index contributed by atoms with van der Waals surface area (Å²) in [6.07, 6.45) is 0. The highest BCUT2D eigenvalue weighted by Crippen LogP contribution is 2.49. The largest absolute Gasteiger partial charge is 0.311 e. The Hall–Kier alpha value is -11.6. The molecule has 0 amide bonds. The standard InChI is InChI=1S/C80H54N4/c1-9-25-63(26-10-1)81(64-27-11-2-12-28-64)71-49-43-59(44-50-71)41-47-61-57-77(83(67-33-17-5-18-34-67)68-35-19-6-20-36-68)75-55-56-76-78(84(69-37-21-7-22-38-69)70-39-23-8-24-40-70)58-62(74-54-53-73(61)79(75)80(74)76)48-42-60-45-51-72(52-46-60)82(65-29-13-3-14-30-65)66-31-15-4-16-32-66/h1-40,43-46,49-58H. The summed E-state index contributed by atoms with van der Waals surface area (Å²) in [5, 5.41) is 6.58. The second-order valence-electron chi connectivity index (χ2n) is 20.6. The summed E-state index contributed by atoms with van der Waals surface area (Å²) in [4.78, 5) is 9.29. The molecule has 14 aromatic rings. The van der Waals surface area contributed by atoms with Gasteiger partial charge in [-0.3, -0.25) is 0 Å². The predicted molar refractivity (Wildman–Crippen MR) is 354 cm³/mol. The Balaban J connectivity index is 0.984. The Morgan fingerprint density at radius 3 is 0.643 bits per heavy atom. The van der Waals surface area contributed by atoms with Crippen molar-refractivity contribution in [3.63, 3.8) is 0 Å². The first-order chi connectivity index (χ1) is 41.7. The van der Waals surface area contributed by atoms with E-state index in [4.69, 9.17) is 0 Å². The van der Waals surface area contributed by atoms with Gasteiger partial charge in [0.05, 0.1) is 11.4 Å². The van der Waals surface area contributed by atoms with Crippen LogP contribution in [-0.2, 0) is 0 Å². The van der Waals surface area contributed by atoms with Crippen LogP contribution in [0.3, 0.4) is 0 Å². The third-order valence-electron chi connectivity index (χ3n) is 15.4. The van der Waals surface area contributed by atoms with Crippen molar-refractivity contribution in [1.82, 2.24) is 0 Å². The first-order valence-corrected chi connectivity index (χ1v) is 28.3. The Morgan fingerprint density at radius 1 is 0.179 bits per heavy atom. The summed E-state index contributed by atoms with van der Waals surface area (Å²) in [5.74, 6) is 14.9. The van der Waals surface area contributed by atoms with Gasteiger partial charge in [0, 0.05) is 101 Å². The lowest BCUT2D eigenvalue weighted by Gasteiger charge is -2.30. The molecule has 0 aromatic heterocycles. The van der Waals surface area contributed by atoms with E-state index < -0.39 is 0 Å². The van der Waals surface area contributed by atoms with Gasteiger partial charge in [-0.25, -0.2) is 0 Å². The van der Waals surface area contributed by atoms with Gasteiger partial charge in [-0.2, -0.15) is 0 Å². The zero-order valence-electron chi connectivity index (χ0n) is 46.0. The van der Waals surface area contributed by atoms with Crippen molar-refractivity contribution in [2.45, 2.75) is 0 Å². The van der Waals surface area contributed by atoms with Gasteiger partial charge in [-0.05, 0) is 168 Å². The normalized spacial score (nSPS) is 10.9. The fraction of sp³-hybridized carbons (Fsp3) is 0. The summed E-state index contributed by atoms with van der Waals surface area (Å²) in [6.45, 7) is 0. The van der Waals surface area contributed by atoms with Gasteiger partial charge < -0.3 is 19.6 Å². The second kappa shape index (κ2) is 22.9. The molecule has 0 aliphatic carbocycles. The van der Waals surface area contributed by atoms with Gasteiger partial charge >= 0.3 is 0 Å². The molecule has 4 heteroatoms. The molecule has 0 atom stereocenters. The number of benzene rings is 14. The molecule has 0 N–H and O–H groups in total. The average Bonchev–Trinajstić information content (AvgIpc) is 1.15. The van der Waals surface area contributed by atoms with E-state index in [2.05, 4.69) is 371 Å². The average molecular weight is 1070 g/mol. The van der Waals surface area contributed by atoms with Gasteiger partial charge in [0.25, 0.3) is 0 Å². The Bertz CT molecular complexity index is 4210. The molecular weight excluding hydrogens is 1020 g/mol. The molecular formula is C80H54N4. The molecule has 0 bridgehead atoms. The Labute approximate surface area is 491 Å². The number of anilines is 12. The van der Waals surface area contributed by atoms with Crippen LogP contribution in [0, 0.1) is 23.7 Å². The van der Waals surface area contributed by atoms with Crippen LogP contribution in [0.2, 0.25) is 0 Å². The molecule has 0 aliphatic rings. The number of hydrogen-bond acceptors (Lipinski definition) is 4. The SMILES string of the molecule is C(#Cc1cc(N(c2ccccc2)c2ccccc2)c2ccc3c(N(c4ccccc4)c4ccccc4)cc(C#Cc4ccc(N(c5ccccc5)c5ccccc5)cc4)c4ccc1c2c43)c1ccc(N(c2ccccc2)c2ccccc2)cc1. The van der Waals surface area contributed by atoms with Crippen molar-refractivity contribution < 1.29 is 0 Å². The molecule has 0 saturated carbocycles. The van der Waals surface area contributed by atoms with Crippen LogP contribution < -0.4 is 19.6 Å². The zero-order valence-corrected chi connectivity index (χ0v) is 46.0. The van der Waals surface area contributed by atoms with Crippen molar-refractivity contribution >= 4 is 101 Å². The summed E-state index contributed by atoms with van der Waals surface area (Å²) < 4.78 is 0. The van der Waals surface area contributed by atoms with Crippen LogP contribution >= 0.6 is 0 Å². The van der Waals surface area contributed by atoms with Crippen molar-refractivity contribution in [2.24, 2.45) is 0 Å². The minimum atomic E-state index is 0.914. The molecule has 14 aromatic carbocycles. The predicted octanol–water partition coefficient (Wildman–Crippen LogP) is 21.3. The topological polar surface area (TPSA) is 13.0 Å². The van der Waals surface area contributed by atoms with Crippen molar-refractivity contribution in [2.75, 3.05) is 19.6 Å². The van der Waals surface area contributed by atoms with Crippen LogP contribution in [0.5, 0.6) is 0 Å². The summed E-state index contributed by atoms with van der Waals surface area (Å²) in [7, 11) is 0. The van der Waals surface area contributed by atoms with E-state index in [1.807, 2.05) is 0 Å². The third-order valence-corrected chi connectivity index (χ3v) is 15.4. The fourth-order valence-corrected chi connectivity index (χ4v) is 11.6. The van der Waals surface area contributed by atoms with E-state index in [1.165, 1.54) is 0 Å². The van der Waals surface area contributed by atoms with Gasteiger partial charge in [0.15, 0.2) is 0 Å². The maximum Gasteiger partial charge on any atom is 0.0553 e. The van der Waals surface area contributed by atoms with Crippen molar-refractivity contribution in [1.29, 1.82) is 0 Å².